The third-order valence-corrected chi connectivity index (χ3v) is 7.46. The molecule has 5 heteroatoms. The van der Waals surface area contributed by atoms with Crippen LogP contribution in [0.3, 0.4) is 0 Å². The van der Waals surface area contributed by atoms with E-state index in [1.165, 1.54) is 30.9 Å². The van der Waals surface area contributed by atoms with E-state index in [0.717, 1.165) is 58.3 Å². The summed E-state index contributed by atoms with van der Waals surface area (Å²) >= 11 is 0. The van der Waals surface area contributed by atoms with Crippen LogP contribution in [0.2, 0.25) is 0 Å². The van der Waals surface area contributed by atoms with Crippen molar-refractivity contribution in [1.29, 1.82) is 0 Å². The highest BCUT2D eigenvalue weighted by Crippen LogP contribution is 2.28. The summed E-state index contributed by atoms with van der Waals surface area (Å²) in [7, 11) is 0. The van der Waals surface area contributed by atoms with Gasteiger partial charge < -0.3 is 15.1 Å². The zero-order chi connectivity index (χ0) is 23.1. The summed E-state index contributed by atoms with van der Waals surface area (Å²) in [5.74, 6) is 0.660. The molecule has 1 heterocycles. The molecule has 178 valence electrons. The lowest BCUT2D eigenvalue weighted by molar-refractivity contribution is -0.140. The molecule has 0 bridgehead atoms. The van der Waals surface area contributed by atoms with Crippen molar-refractivity contribution in [3.63, 3.8) is 0 Å². The van der Waals surface area contributed by atoms with E-state index >= 15 is 0 Å². The zero-order valence-corrected chi connectivity index (χ0v) is 20.6. The number of benzene rings is 1. The fourth-order valence-electron chi connectivity index (χ4n) is 5.39. The third kappa shape index (κ3) is 6.81. The number of nitrogens with one attached hydrogen (secondary N) is 1. The van der Waals surface area contributed by atoms with Gasteiger partial charge in [-0.25, -0.2) is 0 Å². The SMILES string of the molecule is CC(=O)N[C@@H](C(=O)N(CC1CCN(CCc2ccccc2C)CC1)C1CCCC1)C(C)C. The molecule has 32 heavy (non-hydrogen) atoms. The number of hydrogen-bond acceptors (Lipinski definition) is 3. The van der Waals surface area contributed by atoms with E-state index in [1.807, 2.05) is 13.8 Å². The van der Waals surface area contributed by atoms with Gasteiger partial charge in [0.05, 0.1) is 0 Å². The molecule has 1 atom stereocenters. The first kappa shape index (κ1) is 24.8. The molecule has 1 aromatic rings. The monoisotopic (exact) mass is 441 g/mol. The molecule has 2 aliphatic rings. The minimum atomic E-state index is -0.415. The lowest BCUT2D eigenvalue weighted by Crippen LogP contribution is -2.54. The second kappa shape index (κ2) is 11.8. The molecule has 5 nitrogen and oxygen atoms in total. The molecule has 1 aliphatic heterocycles. The van der Waals surface area contributed by atoms with Crippen LogP contribution in [0.5, 0.6) is 0 Å². The first-order valence-electron chi connectivity index (χ1n) is 12.7. The number of nitrogens with zero attached hydrogens (tertiary/aromatic N) is 2. The molecule has 1 saturated carbocycles. The summed E-state index contributed by atoms with van der Waals surface area (Å²) in [6, 6.07) is 8.61. The molecule has 1 aromatic carbocycles. The lowest BCUT2D eigenvalue weighted by atomic mass is 9.93. The number of aryl methyl sites for hydroxylation is 1. The minimum Gasteiger partial charge on any atom is -0.344 e. The standard InChI is InChI=1S/C27H43N3O2/c1-20(2)26(28-22(4)31)27(32)30(25-11-7-8-12-25)19-23-13-16-29(17-14-23)18-15-24-10-6-5-9-21(24)3/h5-6,9-10,20,23,25-26H,7-8,11-19H2,1-4H3,(H,28,31)/t26-/m1/s1. The van der Waals surface area contributed by atoms with Gasteiger partial charge in [-0.3, -0.25) is 9.59 Å². The number of carbonyl (C=O) groups is 2. The topological polar surface area (TPSA) is 52.7 Å². The van der Waals surface area contributed by atoms with Crippen LogP contribution in [0.15, 0.2) is 24.3 Å². The maximum atomic E-state index is 13.5. The summed E-state index contributed by atoms with van der Waals surface area (Å²) in [6.45, 7) is 11.9. The van der Waals surface area contributed by atoms with Crippen LogP contribution in [0.25, 0.3) is 0 Å². The number of amides is 2. The Bertz CT molecular complexity index is 749. The molecule has 1 N–H and O–H groups in total. The van der Waals surface area contributed by atoms with Crippen molar-refractivity contribution >= 4 is 11.8 Å². The van der Waals surface area contributed by atoms with Gasteiger partial charge >= 0.3 is 0 Å². The molecule has 2 amide bonds. The van der Waals surface area contributed by atoms with Gasteiger partial charge in [0.25, 0.3) is 0 Å². The number of piperidine rings is 1. The largest absolute Gasteiger partial charge is 0.344 e. The van der Waals surface area contributed by atoms with E-state index in [1.54, 1.807) is 0 Å². The summed E-state index contributed by atoms with van der Waals surface area (Å²) in [5, 5.41) is 2.93. The fraction of sp³-hybridized carbons (Fsp3) is 0.704. The third-order valence-electron chi connectivity index (χ3n) is 7.46. The first-order chi connectivity index (χ1) is 15.3. The summed E-state index contributed by atoms with van der Waals surface area (Å²) in [4.78, 5) is 30.0. The normalized spacial score (nSPS) is 19.3. The van der Waals surface area contributed by atoms with Crippen molar-refractivity contribution in [2.45, 2.75) is 84.7 Å². The van der Waals surface area contributed by atoms with Crippen molar-refractivity contribution in [3.8, 4) is 0 Å². The Morgan fingerprint density at radius 3 is 2.34 bits per heavy atom. The van der Waals surface area contributed by atoms with Crippen LogP contribution in [-0.2, 0) is 16.0 Å². The molecule has 3 rings (SSSR count). The summed E-state index contributed by atoms with van der Waals surface area (Å²) < 4.78 is 0. The van der Waals surface area contributed by atoms with E-state index in [2.05, 4.69) is 46.3 Å². The van der Waals surface area contributed by atoms with E-state index < -0.39 is 6.04 Å². The Kier molecular flexibility index (Phi) is 9.15. The van der Waals surface area contributed by atoms with Crippen LogP contribution < -0.4 is 5.32 Å². The van der Waals surface area contributed by atoms with Gasteiger partial charge in [0.1, 0.15) is 6.04 Å². The van der Waals surface area contributed by atoms with Crippen molar-refractivity contribution in [1.82, 2.24) is 15.1 Å². The number of hydrogen-bond donors (Lipinski definition) is 1. The van der Waals surface area contributed by atoms with Crippen molar-refractivity contribution in [3.05, 3.63) is 35.4 Å². The van der Waals surface area contributed by atoms with Crippen LogP contribution in [0.4, 0.5) is 0 Å². The summed E-state index contributed by atoms with van der Waals surface area (Å²) in [5.41, 5.74) is 2.83. The lowest BCUT2D eigenvalue weighted by Gasteiger charge is -2.39. The highest BCUT2D eigenvalue weighted by molar-refractivity contribution is 5.87. The smallest absolute Gasteiger partial charge is 0.245 e. The van der Waals surface area contributed by atoms with Crippen LogP contribution in [-0.4, -0.2) is 59.9 Å². The fourth-order valence-corrected chi connectivity index (χ4v) is 5.39. The predicted molar refractivity (Wildman–Crippen MR) is 130 cm³/mol. The number of rotatable bonds is 9. The van der Waals surface area contributed by atoms with E-state index in [-0.39, 0.29) is 17.7 Å². The maximum Gasteiger partial charge on any atom is 0.245 e. The Hall–Kier alpha value is -1.88. The number of carbonyl (C=O) groups excluding carboxylic acids is 2. The molecule has 1 aliphatic carbocycles. The highest BCUT2D eigenvalue weighted by atomic mass is 16.2. The Labute approximate surface area is 194 Å². The van der Waals surface area contributed by atoms with Crippen molar-refractivity contribution in [2.24, 2.45) is 11.8 Å². The van der Waals surface area contributed by atoms with E-state index in [4.69, 9.17) is 0 Å². The van der Waals surface area contributed by atoms with Crippen molar-refractivity contribution in [2.75, 3.05) is 26.2 Å². The molecule has 1 saturated heterocycles. The van der Waals surface area contributed by atoms with Gasteiger partial charge in [-0.15, -0.1) is 0 Å². The first-order valence-corrected chi connectivity index (χ1v) is 12.7. The minimum absolute atomic E-state index is 0.0959. The molecule has 0 unspecified atom stereocenters. The molecule has 0 spiro atoms. The quantitative estimate of drug-likeness (QED) is 0.625. The predicted octanol–water partition coefficient (Wildman–Crippen LogP) is 4.18. The molecule has 2 fully saturated rings. The van der Waals surface area contributed by atoms with Gasteiger partial charge in [0.2, 0.25) is 11.8 Å². The average Bonchev–Trinajstić information content (AvgIpc) is 3.30. The van der Waals surface area contributed by atoms with Gasteiger partial charge in [-0.2, -0.15) is 0 Å². The second-order valence-corrected chi connectivity index (χ2v) is 10.3. The van der Waals surface area contributed by atoms with Crippen LogP contribution in [0, 0.1) is 18.8 Å². The Morgan fingerprint density at radius 2 is 1.75 bits per heavy atom. The molecular weight excluding hydrogens is 398 g/mol. The van der Waals surface area contributed by atoms with Crippen LogP contribution >= 0.6 is 0 Å². The van der Waals surface area contributed by atoms with Crippen LogP contribution in [0.1, 0.15) is 70.4 Å². The maximum absolute atomic E-state index is 13.5. The second-order valence-electron chi connectivity index (χ2n) is 10.3. The highest BCUT2D eigenvalue weighted by Gasteiger charge is 2.35. The average molecular weight is 442 g/mol. The van der Waals surface area contributed by atoms with Gasteiger partial charge in [0.15, 0.2) is 0 Å². The molecule has 0 aromatic heterocycles. The van der Waals surface area contributed by atoms with Crippen molar-refractivity contribution < 1.29 is 9.59 Å². The molecular formula is C27H43N3O2. The summed E-state index contributed by atoms with van der Waals surface area (Å²) in [6.07, 6.45) is 8.03. The number of likely N-dealkylation sites (tertiary alicyclic amines) is 1. The van der Waals surface area contributed by atoms with Gasteiger partial charge in [0, 0.05) is 26.1 Å². The zero-order valence-electron chi connectivity index (χ0n) is 20.6. The van der Waals surface area contributed by atoms with E-state index in [0.29, 0.717) is 12.0 Å². The Morgan fingerprint density at radius 1 is 1.09 bits per heavy atom. The van der Waals surface area contributed by atoms with E-state index in [9.17, 15) is 9.59 Å². The Balaban J connectivity index is 1.56. The van der Waals surface area contributed by atoms with Gasteiger partial charge in [-0.05, 0) is 75.1 Å². The molecule has 0 radical (unpaired) electrons. The van der Waals surface area contributed by atoms with Gasteiger partial charge in [-0.1, -0.05) is 51.0 Å².